The SMILES string of the molecule is CC(NCCN(C)C)C(C)(C)C. The van der Waals surface area contributed by atoms with Crippen LogP contribution in [0.15, 0.2) is 0 Å². The van der Waals surface area contributed by atoms with Crippen LogP contribution in [0.4, 0.5) is 0 Å². The highest BCUT2D eigenvalue weighted by molar-refractivity contribution is 4.75. The van der Waals surface area contributed by atoms with Crippen molar-refractivity contribution in [3.05, 3.63) is 0 Å². The Morgan fingerprint density at radius 1 is 1.25 bits per heavy atom. The summed E-state index contributed by atoms with van der Waals surface area (Å²) in [5.74, 6) is 0. The van der Waals surface area contributed by atoms with Crippen LogP contribution in [0, 0.1) is 5.41 Å². The van der Waals surface area contributed by atoms with Crippen LogP contribution in [-0.4, -0.2) is 38.1 Å². The number of rotatable bonds is 4. The number of nitrogens with zero attached hydrogens (tertiary/aromatic N) is 1. The molecular weight excluding hydrogens is 148 g/mol. The van der Waals surface area contributed by atoms with Gasteiger partial charge in [-0.25, -0.2) is 0 Å². The van der Waals surface area contributed by atoms with Crippen molar-refractivity contribution in [2.75, 3.05) is 27.2 Å². The molecule has 0 aliphatic heterocycles. The average molecular weight is 172 g/mol. The van der Waals surface area contributed by atoms with Gasteiger partial charge in [0.2, 0.25) is 0 Å². The van der Waals surface area contributed by atoms with Gasteiger partial charge in [-0.05, 0) is 26.4 Å². The number of hydrogen-bond acceptors (Lipinski definition) is 2. The van der Waals surface area contributed by atoms with E-state index in [4.69, 9.17) is 0 Å². The van der Waals surface area contributed by atoms with Gasteiger partial charge >= 0.3 is 0 Å². The van der Waals surface area contributed by atoms with Gasteiger partial charge in [-0.3, -0.25) is 0 Å². The Hall–Kier alpha value is -0.0800. The highest BCUT2D eigenvalue weighted by Gasteiger charge is 2.18. The fourth-order valence-electron chi connectivity index (χ4n) is 0.811. The topological polar surface area (TPSA) is 15.3 Å². The molecule has 0 spiro atoms. The third-order valence-electron chi connectivity index (χ3n) is 2.31. The molecule has 0 rings (SSSR count). The highest BCUT2D eigenvalue weighted by atomic mass is 15.1. The largest absolute Gasteiger partial charge is 0.312 e. The molecule has 0 fully saturated rings. The van der Waals surface area contributed by atoms with Gasteiger partial charge in [0.1, 0.15) is 0 Å². The average Bonchev–Trinajstić information content (AvgIpc) is 1.84. The molecule has 0 aliphatic rings. The zero-order valence-corrected chi connectivity index (χ0v) is 9.44. The van der Waals surface area contributed by atoms with E-state index in [1.165, 1.54) is 0 Å². The number of nitrogens with one attached hydrogen (secondary N) is 1. The maximum Gasteiger partial charge on any atom is 0.0101 e. The highest BCUT2D eigenvalue weighted by Crippen LogP contribution is 2.17. The molecule has 1 N–H and O–H groups in total. The predicted octanol–water partition coefficient (Wildman–Crippen LogP) is 1.57. The van der Waals surface area contributed by atoms with Gasteiger partial charge in [0.05, 0.1) is 0 Å². The summed E-state index contributed by atoms with van der Waals surface area (Å²) in [6.07, 6.45) is 0. The van der Waals surface area contributed by atoms with Crippen molar-refractivity contribution < 1.29 is 0 Å². The summed E-state index contributed by atoms with van der Waals surface area (Å²) in [5.41, 5.74) is 0.367. The first-order valence-electron chi connectivity index (χ1n) is 4.72. The first-order chi connectivity index (χ1) is 5.34. The van der Waals surface area contributed by atoms with Crippen molar-refractivity contribution >= 4 is 0 Å². The van der Waals surface area contributed by atoms with Gasteiger partial charge in [0, 0.05) is 19.1 Å². The summed E-state index contributed by atoms with van der Waals surface area (Å²) >= 11 is 0. The fourth-order valence-corrected chi connectivity index (χ4v) is 0.811. The summed E-state index contributed by atoms with van der Waals surface area (Å²) in [6, 6.07) is 0.581. The summed E-state index contributed by atoms with van der Waals surface area (Å²) < 4.78 is 0. The quantitative estimate of drug-likeness (QED) is 0.692. The molecule has 12 heavy (non-hydrogen) atoms. The van der Waals surface area contributed by atoms with Crippen molar-refractivity contribution in [2.45, 2.75) is 33.7 Å². The molecule has 2 heteroatoms. The van der Waals surface area contributed by atoms with Crippen LogP contribution < -0.4 is 5.32 Å². The molecule has 0 saturated carbocycles. The smallest absolute Gasteiger partial charge is 0.0101 e. The molecule has 1 atom stereocenters. The minimum Gasteiger partial charge on any atom is -0.312 e. The molecule has 0 amide bonds. The van der Waals surface area contributed by atoms with E-state index in [-0.39, 0.29) is 0 Å². The van der Waals surface area contributed by atoms with Gasteiger partial charge in [0.15, 0.2) is 0 Å². The second-order valence-electron chi connectivity index (χ2n) is 4.85. The van der Waals surface area contributed by atoms with Crippen LogP contribution in [0.1, 0.15) is 27.7 Å². The van der Waals surface area contributed by atoms with Crippen molar-refractivity contribution in [2.24, 2.45) is 5.41 Å². The Kier molecular flexibility index (Phi) is 4.80. The lowest BCUT2D eigenvalue weighted by Gasteiger charge is -2.28. The molecule has 74 valence electrons. The molecule has 2 nitrogen and oxygen atoms in total. The van der Waals surface area contributed by atoms with Crippen LogP contribution in [0.2, 0.25) is 0 Å². The maximum absolute atomic E-state index is 3.51. The standard InChI is InChI=1S/C10H24N2/c1-9(10(2,3)4)11-7-8-12(5)6/h9,11H,7-8H2,1-6H3. The van der Waals surface area contributed by atoms with Crippen LogP contribution in [0.5, 0.6) is 0 Å². The molecule has 0 saturated heterocycles. The Bertz CT molecular complexity index is 113. The van der Waals surface area contributed by atoms with Gasteiger partial charge in [-0.15, -0.1) is 0 Å². The van der Waals surface area contributed by atoms with Gasteiger partial charge in [0.25, 0.3) is 0 Å². The first kappa shape index (κ1) is 11.9. The second kappa shape index (κ2) is 4.83. The maximum atomic E-state index is 3.51. The predicted molar refractivity (Wildman–Crippen MR) is 55.5 cm³/mol. The minimum atomic E-state index is 0.367. The number of likely N-dealkylation sites (N-methyl/N-ethyl adjacent to an activating group) is 1. The number of hydrogen-bond donors (Lipinski definition) is 1. The monoisotopic (exact) mass is 172 g/mol. The Morgan fingerprint density at radius 2 is 1.75 bits per heavy atom. The minimum absolute atomic E-state index is 0.367. The molecular formula is C10H24N2. The lowest BCUT2D eigenvalue weighted by molar-refractivity contribution is 0.275. The summed E-state index contributed by atoms with van der Waals surface area (Å²) in [6.45, 7) is 11.2. The van der Waals surface area contributed by atoms with Crippen molar-refractivity contribution in [1.82, 2.24) is 10.2 Å². The van der Waals surface area contributed by atoms with Crippen molar-refractivity contribution in [1.29, 1.82) is 0 Å². The second-order valence-corrected chi connectivity index (χ2v) is 4.85. The molecule has 0 aliphatic carbocycles. The molecule has 0 aromatic rings. The summed E-state index contributed by atoms with van der Waals surface area (Å²) in [5, 5.41) is 3.51. The Labute approximate surface area is 77.3 Å². The molecule has 0 aromatic heterocycles. The Morgan fingerprint density at radius 3 is 2.08 bits per heavy atom. The first-order valence-corrected chi connectivity index (χ1v) is 4.72. The normalized spacial score (nSPS) is 15.2. The molecule has 0 aromatic carbocycles. The van der Waals surface area contributed by atoms with E-state index in [9.17, 15) is 0 Å². The van der Waals surface area contributed by atoms with E-state index < -0.39 is 0 Å². The third kappa shape index (κ3) is 5.56. The van der Waals surface area contributed by atoms with Gasteiger partial charge in [-0.2, -0.15) is 0 Å². The van der Waals surface area contributed by atoms with E-state index >= 15 is 0 Å². The van der Waals surface area contributed by atoms with E-state index in [0.717, 1.165) is 13.1 Å². The zero-order valence-electron chi connectivity index (χ0n) is 9.44. The van der Waals surface area contributed by atoms with E-state index in [2.05, 4.69) is 52.0 Å². The van der Waals surface area contributed by atoms with Crippen LogP contribution in [0.25, 0.3) is 0 Å². The Balaban J connectivity index is 3.51. The molecule has 0 heterocycles. The lowest BCUT2D eigenvalue weighted by atomic mass is 9.88. The third-order valence-corrected chi connectivity index (χ3v) is 2.31. The van der Waals surface area contributed by atoms with E-state index in [1.807, 2.05) is 0 Å². The van der Waals surface area contributed by atoms with E-state index in [0.29, 0.717) is 11.5 Å². The molecule has 0 radical (unpaired) electrons. The van der Waals surface area contributed by atoms with Gasteiger partial charge in [-0.1, -0.05) is 20.8 Å². The summed E-state index contributed by atoms with van der Waals surface area (Å²) in [7, 11) is 4.20. The van der Waals surface area contributed by atoms with Gasteiger partial charge < -0.3 is 10.2 Å². The molecule has 0 bridgehead atoms. The zero-order chi connectivity index (χ0) is 9.78. The van der Waals surface area contributed by atoms with Crippen molar-refractivity contribution in [3.63, 3.8) is 0 Å². The van der Waals surface area contributed by atoms with E-state index in [1.54, 1.807) is 0 Å². The van der Waals surface area contributed by atoms with Crippen LogP contribution in [-0.2, 0) is 0 Å². The van der Waals surface area contributed by atoms with Crippen molar-refractivity contribution in [3.8, 4) is 0 Å². The van der Waals surface area contributed by atoms with Crippen LogP contribution in [0.3, 0.4) is 0 Å². The molecule has 1 unspecified atom stereocenters. The lowest BCUT2D eigenvalue weighted by Crippen LogP contribution is -2.40. The van der Waals surface area contributed by atoms with Crippen LogP contribution >= 0.6 is 0 Å². The fraction of sp³-hybridized carbons (Fsp3) is 1.00. The summed E-state index contributed by atoms with van der Waals surface area (Å²) in [4.78, 5) is 2.20.